The van der Waals surface area contributed by atoms with E-state index in [4.69, 9.17) is 0 Å². The molecule has 0 unspecified atom stereocenters. The first-order valence-corrected chi connectivity index (χ1v) is 20.2. The van der Waals surface area contributed by atoms with Crippen LogP contribution in [0, 0.1) is 41.5 Å². The van der Waals surface area contributed by atoms with Crippen molar-refractivity contribution >= 4 is 29.9 Å². The Kier molecular flexibility index (Phi) is 9.88. The number of hydrogen-bond donors (Lipinski definition) is 0. The molecule has 2 atom stereocenters. The molecule has 0 aliphatic carbocycles. The Balaban J connectivity index is 1.73. The van der Waals surface area contributed by atoms with Gasteiger partial charge in [0.05, 0.1) is 33.4 Å². The van der Waals surface area contributed by atoms with E-state index in [1.165, 1.54) is 8.61 Å². The van der Waals surface area contributed by atoms with Gasteiger partial charge in [-0.25, -0.2) is 25.3 Å². The highest BCUT2D eigenvalue weighted by Gasteiger charge is 2.51. The summed E-state index contributed by atoms with van der Waals surface area (Å²) < 4.78 is 88.7. The number of rotatable bonds is 10. The van der Waals surface area contributed by atoms with Gasteiger partial charge in [0, 0.05) is 13.1 Å². The Morgan fingerprint density at radius 1 is 0.532 bits per heavy atom. The Labute approximate surface area is 280 Å². The first-order valence-electron chi connectivity index (χ1n) is 15.5. The van der Waals surface area contributed by atoms with Crippen molar-refractivity contribution in [3.05, 3.63) is 129 Å². The first kappa shape index (κ1) is 35.0. The summed E-state index contributed by atoms with van der Waals surface area (Å²) in [4.78, 5) is 0.143. The Morgan fingerprint density at radius 3 is 1.19 bits per heavy atom. The summed E-state index contributed by atoms with van der Waals surface area (Å²) in [5.74, 6) is -1.03. The minimum atomic E-state index is -4.33. The van der Waals surface area contributed by atoms with E-state index in [0.29, 0.717) is 22.3 Å². The number of sulfone groups is 1. The summed E-state index contributed by atoms with van der Waals surface area (Å²) in [6.07, 6.45) is 0. The van der Waals surface area contributed by atoms with E-state index in [2.05, 4.69) is 0 Å². The van der Waals surface area contributed by atoms with Crippen molar-refractivity contribution in [2.75, 3.05) is 11.5 Å². The van der Waals surface area contributed by atoms with Crippen molar-refractivity contribution in [1.82, 2.24) is 8.61 Å². The van der Waals surface area contributed by atoms with Gasteiger partial charge in [-0.05, 0) is 98.2 Å². The maximum atomic E-state index is 14.8. The molecule has 5 rings (SSSR count). The second kappa shape index (κ2) is 13.3. The molecule has 0 spiro atoms. The normalized spacial score (nSPS) is 18.2. The molecule has 0 bridgehead atoms. The predicted octanol–water partition coefficient (Wildman–Crippen LogP) is 5.78. The molecule has 8 nitrogen and oxygen atoms in total. The summed E-state index contributed by atoms with van der Waals surface area (Å²) >= 11 is 0. The lowest BCUT2D eigenvalue weighted by molar-refractivity contribution is 0.219. The van der Waals surface area contributed by atoms with E-state index >= 15 is 0 Å². The molecule has 0 saturated carbocycles. The summed E-state index contributed by atoms with van der Waals surface area (Å²) in [6, 6.07) is 22.4. The molecule has 0 amide bonds. The van der Waals surface area contributed by atoms with Gasteiger partial charge in [-0.2, -0.15) is 8.61 Å². The van der Waals surface area contributed by atoms with Crippen LogP contribution in [0.5, 0.6) is 0 Å². The third-order valence-electron chi connectivity index (χ3n) is 9.15. The van der Waals surface area contributed by atoms with Gasteiger partial charge in [0.1, 0.15) is 0 Å². The SMILES string of the molecule is Cc1cc(C)c(S(=O)(=O)N(Cc2ccccc2)[C@@H]2CS(=O)(=O)C[C@H]2N(Cc2ccccc2)S(=O)(=O)c2cc(C)c(C)cc2C)cc1C. The standard InChI is InChI=1S/C36H42N2O6S3/c1-25-17-29(5)35(19-27(25)3)46(41,42)37(21-31-13-9-7-10-14-31)33-23-45(39,40)24-34(33)38(22-32-15-11-8-12-16-32)47(43,44)36-20-28(4)26(2)18-30(36)6/h7-20,33-34H,21-24H2,1-6H3/t33-,34-/m1/s1. The van der Waals surface area contributed by atoms with Crippen LogP contribution >= 0.6 is 0 Å². The number of benzene rings is 4. The third-order valence-corrected chi connectivity index (χ3v) is 14.9. The minimum Gasteiger partial charge on any atom is -0.229 e. The Hall–Kier alpha value is -3.35. The van der Waals surface area contributed by atoms with Crippen molar-refractivity contribution in [3.8, 4) is 0 Å². The van der Waals surface area contributed by atoms with Crippen LogP contribution in [0.15, 0.2) is 94.7 Å². The van der Waals surface area contributed by atoms with E-state index < -0.39 is 53.5 Å². The number of sulfonamides is 2. The predicted molar refractivity (Wildman–Crippen MR) is 186 cm³/mol. The monoisotopic (exact) mass is 694 g/mol. The van der Waals surface area contributed by atoms with Crippen molar-refractivity contribution in [3.63, 3.8) is 0 Å². The lowest BCUT2D eigenvalue weighted by Gasteiger charge is -2.37. The van der Waals surface area contributed by atoms with Crippen LogP contribution in [0.4, 0.5) is 0 Å². The van der Waals surface area contributed by atoms with Crippen LogP contribution in [-0.4, -0.2) is 57.5 Å². The van der Waals surface area contributed by atoms with Crippen molar-refractivity contribution in [1.29, 1.82) is 0 Å². The van der Waals surface area contributed by atoms with Crippen LogP contribution < -0.4 is 0 Å². The van der Waals surface area contributed by atoms with Crippen LogP contribution in [0.2, 0.25) is 0 Å². The molecule has 11 heteroatoms. The van der Waals surface area contributed by atoms with Crippen molar-refractivity contribution in [2.24, 2.45) is 0 Å². The molecule has 0 radical (unpaired) electrons. The van der Waals surface area contributed by atoms with Gasteiger partial charge in [-0.1, -0.05) is 72.8 Å². The van der Waals surface area contributed by atoms with Gasteiger partial charge in [0.2, 0.25) is 20.0 Å². The second-order valence-electron chi connectivity index (χ2n) is 12.7. The highest BCUT2D eigenvalue weighted by molar-refractivity contribution is 7.92. The fraction of sp³-hybridized carbons (Fsp3) is 0.333. The zero-order valence-corrected chi connectivity index (χ0v) is 30.1. The maximum Gasteiger partial charge on any atom is 0.243 e. The molecular formula is C36H42N2O6S3. The molecule has 1 saturated heterocycles. The van der Waals surface area contributed by atoms with Gasteiger partial charge >= 0.3 is 0 Å². The smallest absolute Gasteiger partial charge is 0.229 e. The Morgan fingerprint density at radius 2 is 0.851 bits per heavy atom. The summed E-state index contributed by atoms with van der Waals surface area (Å²) in [5, 5.41) is 0. The van der Waals surface area contributed by atoms with Gasteiger partial charge in [-0.15, -0.1) is 0 Å². The van der Waals surface area contributed by atoms with E-state index in [9.17, 15) is 25.3 Å². The Bertz CT molecular complexity index is 1970. The average molecular weight is 695 g/mol. The molecule has 0 N–H and O–H groups in total. The third kappa shape index (κ3) is 7.24. The molecule has 250 valence electrons. The fourth-order valence-electron chi connectivity index (χ4n) is 6.32. The zero-order valence-electron chi connectivity index (χ0n) is 27.6. The van der Waals surface area contributed by atoms with E-state index in [1.807, 2.05) is 39.8 Å². The quantitative estimate of drug-likeness (QED) is 0.208. The molecule has 0 aromatic heterocycles. The molecule has 1 aliphatic heterocycles. The van der Waals surface area contributed by atoms with E-state index in [0.717, 1.165) is 22.3 Å². The fourth-order valence-corrected chi connectivity index (χ4v) is 12.4. The largest absolute Gasteiger partial charge is 0.243 e. The van der Waals surface area contributed by atoms with Crippen LogP contribution in [-0.2, 0) is 43.0 Å². The van der Waals surface area contributed by atoms with Crippen LogP contribution in [0.25, 0.3) is 0 Å². The average Bonchev–Trinajstić information content (AvgIpc) is 3.33. The maximum absolute atomic E-state index is 14.8. The molecule has 1 fully saturated rings. The zero-order chi connectivity index (χ0) is 34.3. The number of hydrogen-bond acceptors (Lipinski definition) is 6. The van der Waals surface area contributed by atoms with E-state index in [-0.39, 0.29) is 22.9 Å². The number of nitrogens with zero attached hydrogens (tertiary/aromatic N) is 2. The van der Waals surface area contributed by atoms with Crippen molar-refractivity contribution < 1.29 is 25.3 Å². The highest BCUT2D eigenvalue weighted by atomic mass is 32.2. The molecule has 47 heavy (non-hydrogen) atoms. The number of aryl methyl sites for hydroxylation is 6. The minimum absolute atomic E-state index is 0.0713. The summed E-state index contributed by atoms with van der Waals surface area (Å²) in [5.41, 5.74) is 5.80. The molecular weight excluding hydrogens is 653 g/mol. The van der Waals surface area contributed by atoms with Gasteiger partial charge < -0.3 is 0 Å². The first-order chi connectivity index (χ1) is 22.0. The molecule has 4 aromatic carbocycles. The van der Waals surface area contributed by atoms with E-state index in [1.54, 1.807) is 86.6 Å². The van der Waals surface area contributed by atoms with Crippen molar-refractivity contribution in [2.45, 2.75) is 76.5 Å². The lowest BCUT2D eigenvalue weighted by atomic mass is 10.1. The summed E-state index contributed by atoms with van der Waals surface area (Å²) in [6.45, 7) is 10.6. The molecule has 1 heterocycles. The molecule has 4 aromatic rings. The molecule has 1 aliphatic rings. The van der Waals surface area contributed by atoms with Gasteiger partial charge in [-0.3, -0.25) is 0 Å². The summed E-state index contributed by atoms with van der Waals surface area (Å²) in [7, 11) is -12.5. The lowest BCUT2D eigenvalue weighted by Crippen LogP contribution is -2.54. The topological polar surface area (TPSA) is 109 Å². The van der Waals surface area contributed by atoms with Gasteiger partial charge in [0.25, 0.3) is 0 Å². The second-order valence-corrected chi connectivity index (χ2v) is 18.6. The van der Waals surface area contributed by atoms with Crippen LogP contribution in [0.3, 0.4) is 0 Å². The highest BCUT2D eigenvalue weighted by Crippen LogP contribution is 2.36. The van der Waals surface area contributed by atoms with Gasteiger partial charge in [0.15, 0.2) is 9.84 Å². The van der Waals surface area contributed by atoms with Crippen LogP contribution in [0.1, 0.15) is 44.5 Å².